The fourth-order valence-electron chi connectivity index (χ4n) is 1.99. The van der Waals surface area contributed by atoms with Gasteiger partial charge >= 0.3 is 6.03 Å². The average Bonchev–Trinajstić information content (AvgIpc) is 2.44. The maximum Gasteiger partial charge on any atom is 0.323 e. The number of benzene rings is 2. The zero-order chi connectivity index (χ0) is 15.4. The maximum absolute atomic E-state index is 12.0. The van der Waals surface area contributed by atoms with Gasteiger partial charge in [-0.1, -0.05) is 24.3 Å². The van der Waals surface area contributed by atoms with E-state index in [-0.39, 0.29) is 11.8 Å². The summed E-state index contributed by atoms with van der Waals surface area (Å²) < 4.78 is 0. The Morgan fingerprint density at radius 3 is 2.38 bits per heavy atom. The predicted octanol–water partition coefficient (Wildman–Crippen LogP) is 4.15. The number of hydrogen-bond acceptors (Lipinski definition) is 2. The van der Waals surface area contributed by atoms with Gasteiger partial charge in [0.1, 0.15) is 0 Å². The van der Waals surface area contributed by atoms with Gasteiger partial charge in [-0.15, -0.1) is 0 Å². The topological polar surface area (TPSA) is 58.2 Å². The predicted molar refractivity (Wildman–Crippen MR) is 85.0 cm³/mol. The number of aryl methyl sites for hydroxylation is 1. The zero-order valence-electron chi connectivity index (χ0n) is 12.4. The van der Waals surface area contributed by atoms with Gasteiger partial charge in [0.05, 0.1) is 0 Å². The van der Waals surface area contributed by atoms with Crippen LogP contribution in [0.1, 0.15) is 28.4 Å². The molecule has 0 radical (unpaired) electrons. The minimum Gasteiger partial charge on any atom is -0.308 e. The molecule has 0 aromatic heterocycles. The van der Waals surface area contributed by atoms with E-state index in [2.05, 4.69) is 10.6 Å². The standard InChI is InChI=1S/C17H18N2O2/c1-11-6-4-9-16(12(11)2)19-17(21)18-15-8-5-7-14(10-15)13(3)20/h4-10H,1-3H3,(H2,18,19,21). The van der Waals surface area contributed by atoms with Crippen LogP contribution in [0, 0.1) is 13.8 Å². The summed E-state index contributed by atoms with van der Waals surface area (Å²) in [5.74, 6) is -0.0337. The van der Waals surface area contributed by atoms with Crippen LogP contribution in [0.2, 0.25) is 0 Å². The molecule has 21 heavy (non-hydrogen) atoms. The molecule has 0 heterocycles. The molecule has 4 nitrogen and oxygen atoms in total. The van der Waals surface area contributed by atoms with Crippen molar-refractivity contribution >= 4 is 23.2 Å². The number of carbonyl (C=O) groups is 2. The molecule has 0 fully saturated rings. The normalized spacial score (nSPS) is 10.0. The minimum absolute atomic E-state index is 0.0337. The van der Waals surface area contributed by atoms with Crippen molar-refractivity contribution in [3.63, 3.8) is 0 Å². The Kier molecular flexibility index (Phi) is 4.38. The molecule has 0 atom stereocenters. The monoisotopic (exact) mass is 282 g/mol. The van der Waals surface area contributed by atoms with Crippen molar-refractivity contribution in [1.29, 1.82) is 0 Å². The van der Waals surface area contributed by atoms with Gasteiger partial charge in [0, 0.05) is 16.9 Å². The third-order valence-corrected chi connectivity index (χ3v) is 3.38. The Balaban J connectivity index is 2.10. The molecule has 108 valence electrons. The van der Waals surface area contributed by atoms with Crippen molar-refractivity contribution in [3.8, 4) is 0 Å². The molecule has 0 saturated carbocycles. The summed E-state index contributed by atoms with van der Waals surface area (Å²) in [5, 5.41) is 5.54. The van der Waals surface area contributed by atoms with Crippen LogP contribution in [-0.2, 0) is 0 Å². The van der Waals surface area contributed by atoms with Gasteiger partial charge in [-0.3, -0.25) is 4.79 Å². The number of hydrogen-bond donors (Lipinski definition) is 2. The summed E-state index contributed by atoms with van der Waals surface area (Å²) >= 11 is 0. The first-order valence-electron chi connectivity index (χ1n) is 6.72. The van der Waals surface area contributed by atoms with Crippen LogP contribution in [-0.4, -0.2) is 11.8 Å². The number of rotatable bonds is 3. The Morgan fingerprint density at radius 1 is 0.952 bits per heavy atom. The van der Waals surface area contributed by atoms with E-state index < -0.39 is 0 Å². The lowest BCUT2D eigenvalue weighted by Crippen LogP contribution is -2.20. The molecule has 0 aliphatic heterocycles. The van der Waals surface area contributed by atoms with Crippen LogP contribution in [0.4, 0.5) is 16.2 Å². The lowest BCUT2D eigenvalue weighted by molar-refractivity contribution is 0.101. The number of urea groups is 1. The van der Waals surface area contributed by atoms with Crippen molar-refractivity contribution in [3.05, 3.63) is 59.2 Å². The van der Waals surface area contributed by atoms with E-state index in [1.165, 1.54) is 6.92 Å². The summed E-state index contributed by atoms with van der Waals surface area (Å²) in [6.07, 6.45) is 0. The van der Waals surface area contributed by atoms with E-state index in [1.54, 1.807) is 24.3 Å². The number of Topliss-reactive ketones (excluding diaryl/α,β-unsaturated/α-hetero) is 1. The van der Waals surface area contributed by atoms with Crippen LogP contribution in [0.3, 0.4) is 0 Å². The highest BCUT2D eigenvalue weighted by atomic mass is 16.2. The third kappa shape index (κ3) is 3.69. The molecule has 0 saturated heterocycles. The number of anilines is 2. The molecule has 2 aromatic rings. The van der Waals surface area contributed by atoms with Gasteiger partial charge in [-0.2, -0.15) is 0 Å². The fraction of sp³-hybridized carbons (Fsp3) is 0.176. The molecule has 0 spiro atoms. The summed E-state index contributed by atoms with van der Waals surface area (Å²) in [5.41, 5.74) is 4.08. The first kappa shape index (κ1) is 14.8. The molecule has 0 bridgehead atoms. The second kappa shape index (κ2) is 6.22. The highest BCUT2D eigenvalue weighted by molar-refractivity contribution is 6.01. The summed E-state index contributed by atoms with van der Waals surface area (Å²) in [6, 6.07) is 12.3. The molecule has 0 unspecified atom stereocenters. The molecule has 2 aromatic carbocycles. The quantitative estimate of drug-likeness (QED) is 0.831. The molecule has 4 heteroatoms. The lowest BCUT2D eigenvalue weighted by atomic mass is 10.1. The van der Waals surface area contributed by atoms with Crippen molar-refractivity contribution in [2.45, 2.75) is 20.8 Å². The average molecular weight is 282 g/mol. The minimum atomic E-state index is -0.329. The van der Waals surface area contributed by atoms with Gasteiger partial charge in [0.2, 0.25) is 0 Å². The molecule has 2 N–H and O–H groups in total. The Labute approximate surface area is 124 Å². The fourth-order valence-corrected chi connectivity index (χ4v) is 1.99. The van der Waals surface area contributed by atoms with Crippen LogP contribution in [0.15, 0.2) is 42.5 Å². The van der Waals surface area contributed by atoms with Gasteiger partial charge in [0.15, 0.2) is 5.78 Å². The summed E-state index contributed by atoms with van der Waals surface area (Å²) in [6.45, 7) is 5.45. The molecule has 0 aliphatic carbocycles. The Morgan fingerprint density at radius 2 is 1.67 bits per heavy atom. The smallest absolute Gasteiger partial charge is 0.308 e. The largest absolute Gasteiger partial charge is 0.323 e. The number of amides is 2. The lowest BCUT2D eigenvalue weighted by Gasteiger charge is -2.11. The summed E-state index contributed by atoms with van der Waals surface area (Å²) in [7, 11) is 0. The van der Waals surface area contributed by atoms with Gasteiger partial charge in [0.25, 0.3) is 0 Å². The van der Waals surface area contributed by atoms with Crippen molar-refractivity contribution in [2.75, 3.05) is 10.6 Å². The van der Waals surface area contributed by atoms with E-state index in [4.69, 9.17) is 0 Å². The molecule has 2 amide bonds. The molecular weight excluding hydrogens is 264 g/mol. The number of carbonyl (C=O) groups excluding carboxylic acids is 2. The van der Waals surface area contributed by atoms with E-state index in [0.717, 1.165) is 16.8 Å². The van der Waals surface area contributed by atoms with E-state index >= 15 is 0 Å². The zero-order valence-corrected chi connectivity index (χ0v) is 12.4. The van der Waals surface area contributed by atoms with Crippen LogP contribution in [0.25, 0.3) is 0 Å². The van der Waals surface area contributed by atoms with Crippen molar-refractivity contribution in [1.82, 2.24) is 0 Å². The van der Waals surface area contributed by atoms with Crippen molar-refractivity contribution in [2.24, 2.45) is 0 Å². The molecular formula is C17H18N2O2. The second-order valence-electron chi connectivity index (χ2n) is 4.96. The van der Waals surface area contributed by atoms with Gasteiger partial charge < -0.3 is 10.6 Å². The van der Waals surface area contributed by atoms with Crippen LogP contribution in [0.5, 0.6) is 0 Å². The highest BCUT2D eigenvalue weighted by Gasteiger charge is 2.07. The van der Waals surface area contributed by atoms with E-state index in [1.807, 2.05) is 32.0 Å². The highest BCUT2D eigenvalue weighted by Crippen LogP contribution is 2.18. The van der Waals surface area contributed by atoms with Gasteiger partial charge in [-0.05, 0) is 50.1 Å². The van der Waals surface area contributed by atoms with Crippen LogP contribution >= 0.6 is 0 Å². The molecule has 0 aliphatic rings. The Hall–Kier alpha value is -2.62. The third-order valence-electron chi connectivity index (χ3n) is 3.38. The summed E-state index contributed by atoms with van der Waals surface area (Å²) in [4.78, 5) is 23.3. The van der Waals surface area contributed by atoms with E-state index in [9.17, 15) is 9.59 Å². The van der Waals surface area contributed by atoms with Crippen molar-refractivity contribution < 1.29 is 9.59 Å². The maximum atomic E-state index is 12.0. The number of ketones is 1. The SMILES string of the molecule is CC(=O)c1cccc(NC(=O)Nc2cccc(C)c2C)c1. The second-order valence-corrected chi connectivity index (χ2v) is 4.96. The first-order valence-corrected chi connectivity index (χ1v) is 6.72. The van der Waals surface area contributed by atoms with Crippen LogP contribution < -0.4 is 10.6 Å². The Bertz CT molecular complexity index is 693. The first-order chi connectivity index (χ1) is 9.97. The van der Waals surface area contributed by atoms with Gasteiger partial charge in [-0.25, -0.2) is 4.79 Å². The molecule has 2 rings (SSSR count). The number of nitrogens with one attached hydrogen (secondary N) is 2. The van der Waals surface area contributed by atoms with E-state index in [0.29, 0.717) is 11.3 Å².